The quantitative estimate of drug-likeness (QED) is 0.530. The summed E-state index contributed by atoms with van der Waals surface area (Å²) in [6.45, 7) is 3.80. The van der Waals surface area contributed by atoms with Crippen molar-refractivity contribution in [1.29, 1.82) is 0 Å². The van der Waals surface area contributed by atoms with E-state index in [-0.39, 0.29) is 56.5 Å². The van der Waals surface area contributed by atoms with Gasteiger partial charge in [0.25, 0.3) is 0 Å². The van der Waals surface area contributed by atoms with E-state index in [0.29, 0.717) is 0 Å². The van der Waals surface area contributed by atoms with Gasteiger partial charge in [-0.25, -0.2) is 9.18 Å². The van der Waals surface area contributed by atoms with E-state index in [9.17, 15) is 19.1 Å². The molecule has 6 nitrogen and oxygen atoms in total. The minimum atomic E-state index is -1.90. The summed E-state index contributed by atoms with van der Waals surface area (Å²) >= 11 is 3.02. The molecule has 1 aliphatic heterocycles. The standard InChI is InChI=1S/C20H18BrFO6/c1-9(2)8-12(23)10-4-6-14-16(18(10)26-3)20(25)28-19(24)15-13(27-14)7-5-11(21)17(15)22/h4-7,9,19,24H,8H2,1-3H3. The highest BCUT2D eigenvalue weighted by molar-refractivity contribution is 9.10. The van der Waals surface area contributed by atoms with E-state index in [2.05, 4.69) is 15.9 Å². The Balaban J connectivity index is 2.18. The minimum Gasteiger partial charge on any atom is -0.495 e. The fourth-order valence-corrected chi connectivity index (χ4v) is 3.31. The van der Waals surface area contributed by atoms with Crippen LogP contribution in [-0.4, -0.2) is 24.0 Å². The SMILES string of the molecule is COc1c(C(=O)CC(C)C)ccc2c1C(=O)OC(O)c1c(ccc(Br)c1F)O2. The molecule has 1 heterocycles. The minimum absolute atomic E-state index is 0.0126. The molecule has 1 atom stereocenters. The van der Waals surface area contributed by atoms with Crippen molar-refractivity contribution in [2.75, 3.05) is 7.11 Å². The summed E-state index contributed by atoms with van der Waals surface area (Å²) in [5.41, 5.74) is -0.259. The lowest BCUT2D eigenvalue weighted by molar-refractivity contribution is -0.0712. The van der Waals surface area contributed by atoms with E-state index in [1.54, 1.807) is 0 Å². The van der Waals surface area contributed by atoms with Crippen LogP contribution in [0.2, 0.25) is 0 Å². The third kappa shape index (κ3) is 3.62. The molecule has 0 spiro atoms. The molecule has 0 radical (unpaired) electrons. The van der Waals surface area contributed by atoms with E-state index in [0.717, 1.165) is 0 Å². The highest BCUT2D eigenvalue weighted by Crippen LogP contribution is 2.43. The largest absolute Gasteiger partial charge is 0.495 e. The van der Waals surface area contributed by atoms with Crippen LogP contribution < -0.4 is 9.47 Å². The molecule has 0 saturated carbocycles. The number of halogens is 2. The van der Waals surface area contributed by atoms with Crippen LogP contribution in [0, 0.1) is 11.7 Å². The molecule has 0 amide bonds. The molecule has 1 aliphatic rings. The fourth-order valence-electron chi connectivity index (χ4n) is 2.96. The molecular weight excluding hydrogens is 435 g/mol. The van der Waals surface area contributed by atoms with Crippen LogP contribution in [0.1, 0.15) is 52.8 Å². The van der Waals surface area contributed by atoms with Crippen LogP contribution in [0.4, 0.5) is 4.39 Å². The van der Waals surface area contributed by atoms with Crippen molar-refractivity contribution in [3.05, 3.63) is 51.2 Å². The average Bonchev–Trinajstić information content (AvgIpc) is 2.62. The van der Waals surface area contributed by atoms with Crippen LogP contribution >= 0.6 is 15.9 Å². The highest BCUT2D eigenvalue weighted by Gasteiger charge is 2.33. The van der Waals surface area contributed by atoms with Gasteiger partial charge in [-0.3, -0.25) is 4.79 Å². The van der Waals surface area contributed by atoms with E-state index < -0.39 is 18.1 Å². The second kappa shape index (κ2) is 7.89. The molecule has 0 saturated heterocycles. The molecule has 1 N–H and O–H groups in total. The van der Waals surface area contributed by atoms with Crippen LogP contribution in [0.25, 0.3) is 0 Å². The summed E-state index contributed by atoms with van der Waals surface area (Å²) in [4.78, 5) is 25.2. The Labute approximate surface area is 169 Å². The lowest BCUT2D eigenvalue weighted by atomic mass is 9.97. The summed E-state index contributed by atoms with van der Waals surface area (Å²) in [5, 5.41) is 10.2. The zero-order valence-corrected chi connectivity index (χ0v) is 17.0. The van der Waals surface area contributed by atoms with Gasteiger partial charge in [0.15, 0.2) is 11.6 Å². The molecule has 0 aliphatic carbocycles. The van der Waals surface area contributed by atoms with Gasteiger partial charge in [-0.15, -0.1) is 0 Å². The van der Waals surface area contributed by atoms with Gasteiger partial charge in [-0.1, -0.05) is 13.8 Å². The Morgan fingerprint density at radius 1 is 1.29 bits per heavy atom. The summed E-state index contributed by atoms with van der Waals surface area (Å²) in [6, 6.07) is 5.75. The topological polar surface area (TPSA) is 82.1 Å². The van der Waals surface area contributed by atoms with Gasteiger partial charge in [0.1, 0.15) is 22.8 Å². The van der Waals surface area contributed by atoms with E-state index in [4.69, 9.17) is 14.2 Å². The third-order valence-electron chi connectivity index (χ3n) is 4.20. The Bertz CT molecular complexity index is 956. The predicted molar refractivity (Wildman–Crippen MR) is 101 cm³/mol. The Hall–Kier alpha value is -2.45. The number of aliphatic hydroxyl groups excluding tert-OH is 1. The van der Waals surface area contributed by atoms with Gasteiger partial charge in [-0.05, 0) is 46.1 Å². The lowest BCUT2D eigenvalue weighted by Crippen LogP contribution is -2.19. The number of ether oxygens (including phenoxy) is 3. The smallest absolute Gasteiger partial charge is 0.348 e. The number of carbonyl (C=O) groups is 2. The average molecular weight is 453 g/mol. The number of aliphatic hydroxyl groups is 1. The molecule has 8 heteroatoms. The number of ketones is 1. The van der Waals surface area contributed by atoms with Crippen LogP contribution in [0.5, 0.6) is 17.2 Å². The maximum absolute atomic E-state index is 14.4. The van der Waals surface area contributed by atoms with Crippen molar-refractivity contribution < 1.29 is 33.3 Å². The number of Topliss-reactive ketones (excluding diaryl/α,β-unsaturated/α-hetero) is 1. The molecule has 2 aromatic rings. The normalized spacial score (nSPS) is 15.7. The Kier molecular flexibility index (Phi) is 5.71. The van der Waals surface area contributed by atoms with E-state index in [1.807, 2.05) is 13.8 Å². The van der Waals surface area contributed by atoms with Crippen LogP contribution in [-0.2, 0) is 4.74 Å². The van der Waals surface area contributed by atoms with Crippen LogP contribution in [0.3, 0.4) is 0 Å². The molecular formula is C20H18BrFO6. The highest BCUT2D eigenvalue weighted by atomic mass is 79.9. The number of rotatable bonds is 4. The maximum atomic E-state index is 14.4. The summed E-state index contributed by atoms with van der Waals surface area (Å²) in [6.07, 6.45) is -1.64. The fraction of sp³-hybridized carbons (Fsp3) is 0.300. The van der Waals surface area contributed by atoms with Crippen molar-refractivity contribution in [1.82, 2.24) is 0 Å². The van der Waals surface area contributed by atoms with Gasteiger partial charge in [0, 0.05) is 6.42 Å². The Morgan fingerprint density at radius 2 is 1.96 bits per heavy atom. The second-order valence-corrected chi connectivity index (χ2v) is 7.53. The summed E-state index contributed by atoms with van der Waals surface area (Å²) in [7, 11) is 1.31. The molecule has 0 fully saturated rings. The number of carbonyl (C=O) groups excluding carboxylic acids is 2. The number of methoxy groups -OCH3 is 1. The summed E-state index contributed by atoms with van der Waals surface area (Å²) in [5.74, 6) is -1.91. The number of esters is 1. The predicted octanol–water partition coefficient (Wildman–Crippen LogP) is 4.78. The zero-order chi connectivity index (χ0) is 20.6. The second-order valence-electron chi connectivity index (χ2n) is 6.67. The van der Waals surface area contributed by atoms with Crippen molar-refractivity contribution in [2.45, 2.75) is 26.6 Å². The number of fused-ring (bicyclic) bond motifs is 2. The summed E-state index contributed by atoms with van der Waals surface area (Å²) < 4.78 is 30.6. The van der Waals surface area contributed by atoms with Crippen molar-refractivity contribution in [3.63, 3.8) is 0 Å². The number of hydrogen-bond acceptors (Lipinski definition) is 6. The first kappa shape index (κ1) is 20.3. The first-order chi connectivity index (χ1) is 13.2. The van der Waals surface area contributed by atoms with Gasteiger partial charge in [-0.2, -0.15) is 0 Å². The van der Waals surface area contributed by atoms with Gasteiger partial charge >= 0.3 is 5.97 Å². The molecule has 0 bridgehead atoms. The van der Waals surface area contributed by atoms with Crippen molar-refractivity contribution >= 4 is 27.7 Å². The zero-order valence-electron chi connectivity index (χ0n) is 15.4. The van der Waals surface area contributed by atoms with Crippen LogP contribution in [0.15, 0.2) is 28.7 Å². The number of benzene rings is 2. The number of hydrogen-bond donors (Lipinski definition) is 1. The lowest BCUT2D eigenvalue weighted by Gasteiger charge is -2.24. The van der Waals surface area contributed by atoms with Crippen molar-refractivity contribution in [2.24, 2.45) is 5.92 Å². The molecule has 2 aromatic carbocycles. The first-order valence-electron chi connectivity index (χ1n) is 8.53. The van der Waals surface area contributed by atoms with E-state index in [1.165, 1.54) is 31.4 Å². The van der Waals surface area contributed by atoms with Gasteiger partial charge < -0.3 is 19.3 Å². The van der Waals surface area contributed by atoms with Gasteiger partial charge in [0.2, 0.25) is 6.29 Å². The van der Waals surface area contributed by atoms with Crippen molar-refractivity contribution in [3.8, 4) is 17.2 Å². The van der Waals surface area contributed by atoms with Gasteiger partial charge in [0.05, 0.1) is 22.7 Å². The molecule has 148 valence electrons. The Morgan fingerprint density at radius 3 is 2.61 bits per heavy atom. The number of cyclic esters (lactones) is 1. The maximum Gasteiger partial charge on any atom is 0.348 e. The monoisotopic (exact) mass is 452 g/mol. The molecule has 3 rings (SSSR count). The molecule has 28 heavy (non-hydrogen) atoms. The first-order valence-corrected chi connectivity index (χ1v) is 9.32. The molecule has 1 unspecified atom stereocenters. The van der Waals surface area contributed by atoms with E-state index >= 15 is 0 Å². The third-order valence-corrected chi connectivity index (χ3v) is 4.81. The molecule has 0 aromatic heterocycles.